The lowest BCUT2D eigenvalue weighted by molar-refractivity contribution is -0.359. The summed E-state index contributed by atoms with van der Waals surface area (Å²) in [6.45, 7) is 2.85. The van der Waals surface area contributed by atoms with Crippen molar-refractivity contribution in [3.63, 3.8) is 0 Å². The maximum absolute atomic E-state index is 13.2. The SMILES string of the molecule is CCCCCCCCCCCCCCCCCCCCC(=O)N[C@@H](CO[C@@H]1O[C@H](CO)[C@@H](O[C@@H]2O[C@H](CO)[C@H](O)C(O)C2O)C(O)C1O)[C@H](O)CCCCCCCCCCCCC. The first-order chi connectivity index (χ1) is 30.6. The second kappa shape index (κ2) is 37.0. The molecule has 4 unspecified atom stereocenters. The summed E-state index contributed by atoms with van der Waals surface area (Å²) < 4.78 is 22.7. The van der Waals surface area contributed by atoms with Crippen LogP contribution >= 0.6 is 0 Å². The van der Waals surface area contributed by atoms with Crippen LogP contribution in [0.3, 0.4) is 0 Å². The number of aliphatic hydroxyl groups excluding tert-OH is 8. The molecule has 0 aromatic rings. The second-order valence-corrected chi connectivity index (χ2v) is 18.7. The molecule has 0 spiro atoms. The van der Waals surface area contributed by atoms with E-state index in [2.05, 4.69) is 19.2 Å². The van der Waals surface area contributed by atoms with Gasteiger partial charge in [-0.05, 0) is 12.8 Å². The molecule has 374 valence electrons. The normalized spacial score (nSPS) is 27.4. The number of hydrogen-bond donors (Lipinski definition) is 9. The first kappa shape index (κ1) is 58.1. The zero-order chi connectivity index (χ0) is 46.1. The van der Waals surface area contributed by atoms with Crippen LogP contribution in [-0.2, 0) is 23.7 Å². The van der Waals surface area contributed by atoms with E-state index in [0.717, 1.165) is 51.4 Å². The fourth-order valence-electron chi connectivity index (χ4n) is 8.83. The first-order valence-electron chi connectivity index (χ1n) is 25.8. The predicted molar refractivity (Wildman–Crippen MR) is 245 cm³/mol. The molecule has 2 aliphatic rings. The van der Waals surface area contributed by atoms with Crippen LogP contribution in [0.1, 0.15) is 213 Å². The number of unbranched alkanes of at least 4 members (excludes halogenated alkanes) is 27. The lowest BCUT2D eigenvalue weighted by Crippen LogP contribution is -2.65. The maximum atomic E-state index is 13.2. The van der Waals surface area contributed by atoms with Crippen molar-refractivity contribution >= 4 is 5.91 Å². The lowest BCUT2D eigenvalue weighted by atomic mass is 9.97. The molecule has 0 aromatic heterocycles. The molecule has 0 aromatic carbocycles. The molecular weight excluding hydrogens is 811 g/mol. The van der Waals surface area contributed by atoms with Crippen molar-refractivity contribution in [2.45, 2.75) is 286 Å². The quantitative estimate of drug-likeness (QED) is 0.0296. The Balaban J connectivity index is 1.80. The van der Waals surface area contributed by atoms with Gasteiger partial charge in [-0.2, -0.15) is 0 Å². The van der Waals surface area contributed by atoms with Crippen molar-refractivity contribution in [3.05, 3.63) is 0 Å². The topological polar surface area (TPSA) is 228 Å². The van der Waals surface area contributed by atoms with Crippen LogP contribution in [0.15, 0.2) is 0 Å². The summed E-state index contributed by atoms with van der Waals surface area (Å²) >= 11 is 0. The van der Waals surface area contributed by atoms with Gasteiger partial charge in [0.15, 0.2) is 12.6 Å². The zero-order valence-electron chi connectivity index (χ0n) is 39.6. The molecule has 0 radical (unpaired) electrons. The molecule has 2 rings (SSSR count). The van der Waals surface area contributed by atoms with Gasteiger partial charge >= 0.3 is 0 Å². The summed E-state index contributed by atoms with van der Waals surface area (Å²) in [6, 6.07) is -0.820. The highest BCUT2D eigenvalue weighted by molar-refractivity contribution is 5.76. The number of carbonyl (C=O) groups excluding carboxylic acids is 1. The Hall–Kier alpha value is -1.01. The molecule has 14 heteroatoms. The van der Waals surface area contributed by atoms with E-state index in [9.17, 15) is 45.6 Å². The van der Waals surface area contributed by atoms with Crippen LogP contribution in [0.25, 0.3) is 0 Å². The Morgan fingerprint density at radius 3 is 1.35 bits per heavy atom. The molecule has 1 amide bonds. The van der Waals surface area contributed by atoms with Crippen LogP contribution in [-0.4, -0.2) is 140 Å². The Bertz CT molecular complexity index is 1070. The average Bonchev–Trinajstić information content (AvgIpc) is 3.28. The largest absolute Gasteiger partial charge is 0.394 e. The molecular formula is C49H95NO13. The Morgan fingerprint density at radius 1 is 0.508 bits per heavy atom. The van der Waals surface area contributed by atoms with Crippen molar-refractivity contribution in [1.29, 1.82) is 0 Å². The predicted octanol–water partition coefficient (Wildman–Crippen LogP) is 6.61. The Kier molecular flexibility index (Phi) is 34.2. The monoisotopic (exact) mass is 906 g/mol. The van der Waals surface area contributed by atoms with Crippen LogP contribution in [0.5, 0.6) is 0 Å². The fourth-order valence-corrected chi connectivity index (χ4v) is 8.83. The van der Waals surface area contributed by atoms with Crippen LogP contribution in [0.2, 0.25) is 0 Å². The standard InChI is InChI=1S/C49H95NO13/c1-3-5-7-9-11-13-15-16-17-18-19-20-21-23-25-27-29-31-33-41(54)50-37(38(53)32-30-28-26-24-22-14-12-10-8-6-4-2)36-60-48-46(59)44(57)47(40(35-52)62-48)63-49-45(58)43(56)42(55)39(34-51)61-49/h37-40,42-49,51-53,55-59H,3-36H2,1-2H3,(H,50,54)/t37-,38+,39+,40+,42-,43?,44?,45?,46?,47+,48+,49-/m0/s1. The molecule has 63 heavy (non-hydrogen) atoms. The summed E-state index contributed by atoms with van der Waals surface area (Å²) in [5, 5.41) is 86.8. The summed E-state index contributed by atoms with van der Waals surface area (Å²) in [5.41, 5.74) is 0. The van der Waals surface area contributed by atoms with E-state index < -0.39 is 86.8 Å². The maximum Gasteiger partial charge on any atom is 0.220 e. The van der Waals surface area contributed by atoms with Crippen molar-refractivity contribution < 1.29 is 64.6 Å². The van der Waals surface area contributed by atoms with E-state index in [-0.39, 0.29) is 12.5 Å². The lowest BCUT2D eigenvalue weighted by Gasteiger charge is -2.46. The van der Waals surface area contributed by atoms with Crippen LogP contribution in [0.4, 0.5) is 0 Å². The number of rotatable bonds is 40. The van der Waals surface area contributed by atoms with E-state index >= 15 is 0 Å². The van der Waals surface area contributed by atoms with E-state index in [1.807, 2.05) is 0 Å². The number of hydrogen-bond acceptors (Lipinski definition) is 13. The highest BCUT2D eigenvalue weighted by Crippen LogP contribution is 2.30. The average molecular weight is 906 g/mol. The Labute approximate surface area is 381 Å². The molecule has 2 aliphatic heterocycles. The van der Waals surface area contributed by atoms with Gasteiger partial charge in [0.2, 0.25) is 5.91 Å². The van der Waals surface area contributed by atoms with Crippen LogP contribution in [0, 0.1) is 0 Å². The van der Waals surface area contributed by atoms with Crippen LogP contribution < -0.4 is 5.32 Å². The molecule has 2 saturated heterocycles. The summed E-state index contributed by atoms with van der Waals surface area (Å²) in [6.07, 6.45) is 19.6. The van der Waals surface area contributed by atoms with E-state index in [4.69, 9.17) is 18.9 Å². The summed E-state index contributed by atoms with van der Waals surface area (Å²) in [4.78, 5) is 13.2. The number of nitrogens with one attached hydrogen (secondary N) is 1. The van der Waals surface area contributed by atoms with Gasteiger partial charge in [0.05, 0.1) is 32.0 Å². The molecule has 9 N–H and O–H groups in total. The van der Waals surface area contributed by atoms with Crippen molar-refractivity contribution in [2.24, 2.45) is 0 Å². The van der Waals surface area contributed by atoms with Gasteiger partial charge in [0.1, 0.15) is 48.8 Å². The Morgan fingerprint density at radius 2 is 0.905 bits per heavy atom. The van der Waals surface area contributed by atoms with Crippen molar-refractivity contribution in [1.82, 2.24) is 5.32 Å². The number of amides is 1. The van der Waals surface area contributed by atoms with E-state index in [0.29, 0.717) is 12.8 Å². The smallest absolute Gasteiger partial charge is 0.220 e. The molecule has 2 fully saturated rings. The zero-order valence-corrected chi connectivity index (χ0v) is 39.6. The van der Waals surface area contributed by atoms with Gasteiger partial charge in [-0.3, -0.25) is 4.79 Å². The van der Waals surface area contributed by atoms with Gasteiger partial charge in [-0.1, -0.05) is 194 Å². The number of ether oxygens (including phenoxy) is 4. The summed E-state index contributed by atoms with van der Waals surface area (Å²) in [5.74, 6) is -0.204. The molecule has 0 bridgehead atoms. The fraction of sp³-hybridized carbons (Fsp3) is 0.980. The second-order valence-electron chi connectivity index (χ2n) is 18.7. The third kappa shape index (κ3) is 24.5. The highest BCUT2D eigenvalue weighted by atomic mass is 16.7. The minimum atomic E-state index is -1.78. The van der Waals surface area contributed by atoms with Crippen molar-refractivity contribution in [2.75, 3.05) is 19.8 Å². The summed E-state index contributed by atoms with van der Waals surface area (Å²) in [7, 11) is 0. The molecule has 14 nitrogen and oxygen atoms in total. The van der Waals surface area contributed by atoms with E-state index in [1.54, 1.807) is 0 Å². The van der Waals surface area contributed by atoms with Gasteiger partial charge in [0.25, 0.3) is 0 Å². The molecule has 0 saturated carbocycles. The van der Waals surface area contributed by atoms with Gasteiger partial charge < -0.3 is 65.1 Å². The number of carbonyl (C=O) groups is 1. The number of aliphatic hydroxyl groups is 8. The third-order valence-electron chi connectivity index (χ3n) is 13.1. The highest BCUT2D eigenvalue weighted by Gasteiger charge is 2.51. The van der Waals surface area contributed by atoms with Gasteiger partial charge in [-0.15, -0.1) is 0 Å². The molecule has 0 aliphatic carbocycles. The molecule has 12 atom stereocenters. The molecule has 2 heterocycles. The first-order valence-corrected chi connectivity index (χ1v) is 25.8. The van der Waals surface area contributed by atoms with Crippen molar-refractivity contribution in [3.8, 4) is 0 Å². The third-order valence-corrected chi connectivity index (χ3v) is 13.1. The van der Waals surface area contributed by atoms with E-state index in [1.165, 1.54) is 135 Å². The van der Waals surface area contributed by atoms with Gasteiger partial charge in [-0.25, -0.2) is 0 Å². The minimum Gasteiger partial charge on any atom is -0.394 e. The van der Waals surface area contributed by atoms with Gasteiger partial charge in [0, 0.05) is 6.42 Å². The minimum absolute atomic E-state index is 0.204.